The molecule has 0 saturated heterocycles. The zero-order valence-electron chi connectivity index (χ0n) is 12.5. The van der Waals surface area contributed by atoms with E-state index in [1.54, 1.807) is 31.4 Å². The predicted octanol–water partition coefficient (Wildman–Crippen LogP) is 0.600. The van der Waals surface area contributed by atoms with Gasteiger partial charge in [0.15, 0.2) is 0 Å². The minimum atomic E-state index is -1.05. The number of carbonyl (C=O) groups excluding carboxylic acids is 1. The minimum Gasteiger partial charge on any atom is -0.480 e. The van der Waals surface area contributed by atoms with Crippen molar-refractivity contribution in [1.82, 2.24) is 0 Å². The van der Waals surface area contributed by atoms with Gasteiger partial charge in [0, 0.05) is 7.11 Å². The van der Waals surface area contributed by atoms with Crippen LogP contribution in [-0.2, 0) is 25.5 Å². The summed E-state index contributed by atoms with van der Waals surface area (Å²) >= 11 is 0. The van der Waals surface area contributed by atoms with Gasteiger partial charge in [-0.2, -0.15) is 0 Å². The highest BCUT2D eigenvalue weighted by molar-refractivity contribution is 5.73. The van der Waals surface area contributed by atoms with Gasteiger partial charge in [0.25, 0.3) is 0 Å². The maximum Gasteiger partial charge on any atom is 0.320 e. The van der Waals surface area contributed by atoms with Crippen LogP contribution >= 0.6 is 0 Å². The van der Waals surface area contributed by atoms with Gasteiger partial charge in [-0.05, 0) is 24.1 Å². The van der Waals surface area contributed by atoms with Crippen molar-refractivity contribution in [1.29, 1.82) is 0 Å². The molecule has 0 fully saturated rings. The van der Waals surface area contributed by atoms with Crippen LogP contribution in [0.15, 0.2) is 24.3 Å². The number of hydrogen-bond acceptors (Lipinski definition) is 6. The highest BCUT2D eigenvalue weighted by atomic mass is 16.5. The molecule has 22 heavy (non-hydrogen) atoms. The van der Waals surface area contributed by atoms with E-state index >= 15 is 0 Å². The Kier molecular flexibility index (Phi) is 8.13. The molecule has 0 aliphatic heterocycles. The Morgan fingerprint density at radius 3 is 2.45 bits per heavy atom. The molecule has 7 nitrogen and oxygen atoms in total. The fraction of sp³-hybridized carbons (Fsp3) is 0.467. The summed E-state index contributed by atoms with van der Waals surface area (Å²) in [5.74, 6) is -1.05. The van der Waals surface area contributed by atoms with Gasteiger partial charge in [0.05, 0.1) is 26.2 Å². The summed E-state index contributed by atoms with van der Waals surface area (Å²) in [6.07, 6.45) is 0.367. The first-order chi connectivity index (χ1) is 10.5. The molecule has 0 spiro atoms. The van der Waals surface area contributed by atoms with Gasteiger partial charge in [-0.1, -0.05) is 12.1 Å². The smallest absolute Gasteiger partial charge is 0.320 e. The average molecular weight is 311 g/mol. The van der Waals surface area contributed by atoms with E-state index < -0.39 is 18.0 Å². The number of methoxy groups -OCH3 is 1. The Bertz CT molecular complexity index is 473. The van der Waals surface area contributed by atoms with Crippen molar-refractivity contribution in [2.24, 2.45) is 5.73 Å². The summed E-state index contributed by atoms with van der Waals surface area (Å²) in [6, 6.07) is 5.62. The SMILES string of the molecule is COCCOCCC(=O)Oc1ccc(C[C@H](N)C(=O)O)cc1. The van der Waals surface area contributed by atoms with Crippen molar-refractivity contribution in [2.45, 2.75) is 18.9 Å². The van der Waals surface area contributed by atoms with Crippen LogP contribution in [0.3, 0.4) is 0 Å². The lowest BCUT2D eigenvalue weighted by Crippen LogP contribution is -2.32. The Labute approximate surface area is 129 Å². The summed E-state index contributed by atoms with van der Waals surface area (Å²) in [6.45, 7) is 1.19. The van der Waals surface area contributed by atoms with Crippen LogP contribution in [-0.4, -0.2) is 50.0 Å². The van der Waals surface area contributed by atoms with Crippen LogP contribution in [0.25, 0.3) is 0 Å². The molecule has 0 unspecified atom stereocenters. The van der Waals surface area contributed by atoms with E-state index in [4.69, 9.17) is 25.1 Å². The topological polar surface area (TPSA) is 108 Å². The quantitative estimate of drug-likeness (QED) is 0.370. The Balaban J connectivity index is 2.34. The first kappa shape index (κ1) is 18.1. The van der Waals surface area contributed by atoms with E-state index in [0.29, 0.717) is 19.0 Å². The molecule has 122 valence electrons. The van der Waals surface area contributed by atoms with E-state index in [1.165, 1.54) is 0 Å². The molecular weight excluding hydrogens is 290 g/mol. The Morgan fingerprint density at radius 1 is 1.18 bits per heavy atom. The molecule has 1 aromatic rings. The monoisotopic (exact) mass is 311 g/mol. The third-order valence-corrected chi connectivity index (χ3v) is 2.81. The van der Waals surface area contributed by atoms with Crippen molar-refractivity contribution in [2.75, 3.05) is 26.9 Å². The third-order valence-electron chi connectivity index (χ3n) is 2.81. The van der Waals surface area contributed by atoms with Gasteiger partial charge in [-0.15, -0.1) is 0 Å². The van der Waals surface area contributed by atoms with Gasteiger partial charge >= 0.3 is 11.9 Å². The number of nitrogens with two attached hydrogens (primary N) is 1. The number of benzene rings is 1. The Hall–Kier alpha value is -1.96. The lowest BCUT2D eigenvalue weighted by Gasteiger charge is -2.08. The minimum absolute atomic E-state index is 0.148. The largest absolute Gasteiger partial charge is 0.480 e. The molecule has 0 saturated carbocycles. The molecule has 0 bridgehead atoms. The van der Waals surface area contributed by atoms with Gasteiger partial charge in [0.2, 0.25) is 0 Å². The van der Waals surface area contributed by atoms with Crippen molar-refractivity contribution < 1.29 is 28.9 Å². The van der Waals surface area contributed by atoms with Crippen LogP contribution in [0.1, 0.15) is 12.0 Å². The van der Waals surface area contributed by atoms with E-state index in [9.17, 15) is 9.59 Å². The Morgan fingerprint density at radius 2 is 1.86 bits per heavy atom. The fourth-order valence-corrected chi connectivity index (χ4v) is 1.62. The highest BCUT2D eigenvalue weighted by Gasteiger charge is 2.12. The molecular formula is C15H21NO6. The molecule has 1 atom stereocenters. The van der Waals surface area contributed by atoms with E-state index in [-0.39, 0.29) is 19.4 Å². The molecule has 0 heterocycles. The van der Waals surface area contributed by atoms with Crippen LogP contribution in [0.2, 0.25) is 0 Å². The number of carbonyl (C=O) groups is 2. The molecule has 1 rings (SSSR count). The number of carboxylic acid groups (broad SMARTS) is 1. The van der Waals surface area contributed by atoms with E-state index in [2.05, 4.69) is 0 Å². The van der Waals surface area contributed by atoms with E-state index in [0.717, 1.165) is 5.56 Å². The number of rotatable bonds is 10. The first-order valence-electron chi connectivity index (χ1n) is 6.87. The number of carboxylic acids is 1. The van der Waals surface area contributed by atoms with Gasteiger partial charge in [0.1, 0.15) is 11.8 Å². The summed E-state index contributed by atoms with van der Waals surface area (Å²) in [7, 11) is 1.57. The summed E-state index contributed by atoms with van der Waals surface area (Å²) in [5, 5.41) is 8.74. The molecule has 1 aromatic carbocycles. The van der Waals surface area contributed by atoms with Gasteiger partial charge < -0.3 is 25.1 Å². The van der Waals surface area contributed by atoms with Crippen LogP contribution in [0.4, 0.5) is 0 Å². The van der Waals surface area contributed by atoms with Crippen molar-refractivity contribution in [3.8, 4) is 5.75 Å². The summed E-state index contributed by atoms with van der Waals surface area (Å²) in [5.41, 5.74) is 6.21. The molecule has 0 radical (unpaired) electrons. The standard InChI is InChI=1S/C15H21NO6/c1-20-8-9-21-7-6-14(17)22-12-4-2-11(3-5-12)10-13(16)15(18)19/h2-5,13H,6-10,16H2,1H3,(H,18,19)/t13-/m0/s1. The van der Waals surface area contributed by atoms with Crippen LogP contribution in [0, 0.1) is 0 Å². The molecule has 0 aliphatic rings. The fourth-order valence-electron chi connectivity index (χ4n) is 1.62. The molecule has 7 heteroatoms. The van der Waals surface area contributed by atoms with Gasteiger partial charge in [-0.3, -0.25) is 9.59 Å². The molecule has 3 N–H and O–H groups in total. The number of hydrogen-bond donors (Lipinski definition) is 2. The second-order valence-electron chi connectivity index (χ2n) is 4.62. The second kappa shape index (κ2) is 9.88. The lowest BCUT2D eigenvalue weighted by atomic mass is 10.1. The zero-order valence-corrected chi connectivity index (χ0v) is 12.5. The van der Waals surface area contributed by atoms with Gasteiger partial charge in [-0.25, -0.2) is 0 Å². The van der Waals surface area contributed by atoms with E-state index in [1.807, 2.05) is 0 Å². The third kappa shape index (κ3) is 7.16. The maximum absolute atomic E-state index is 11.6. The number of esters is 1. The zero-order chi connectivity index (χ0) is 16.4. The normalized spacial score (nSPS) is 11.9. The second-order valence-corrected chi connectivity index (χ2v) is 4.62. The maximum atomic E-state index is 11.6. The first-order valence-corrected chi connectivity index (χ1v) is 6.87. The van der Waals surface area contributed by atoms with Crippen LogP contribution < -0.4 is 10.5 Å². The lowest BCUT2D eigenvalue weighted by molar-refractivity contribution is -0.138. The predicted molar refractivity (Wildman–Crippen MR) is 78.7 cm³/mol. The molecule has 0 aromatic heterocycles. The van der Waals surface area contributed by atoms with Crippen LogP contribution in [0.5, 0.6) is 5.75 Å². The number of ether oxygens (including phenoxy) is 3. The molecule has 0 amide bonds. The molecule has 0 aliphatic carbocycles. The highest BCUT2D eigenvalue weighted by Crippen LogP contribution is 2.14. The van der Waals surface area contributed by atoms with Crippen molar-refractivity contribution in [3.63, 3.8) is 0 Å². The summed E-state index contributed by atoms with van der Waals surface area (Å²) < 4.78 is 15.1. The summed E-state index contributed by atoms with van der Waals surface area (Å²) in [4.78, 5) is 22.2. The van der Waals surface area contributed by atoms with Crippen molar-refractivity contribution >= 4 is 11.9 Å². The number of aliphatic carboxylic acids is 1. The average Bonchev–Trinajstić information content (AvgIpc) is 2.49. The van der Waals surface area contributed by atoms with Crippen molar-refractivity contribution in [3.05, 3.63) is 29.8 Å².